The third-order valence-corrected chi connectivity index (χ3v) is 11.0. The Bertz CT molecular complexity index is 1030. The lowest BCUT2D eigenvalue weighted by atomic mass is 10.2. The van der Waals surface area contributed by atoms with Crippen molar-refractivity contribution in [2.24, 2.45) is 0 Å². The normalized spacial score (nSPS) is 16.5. The van der Waals surface area contributed by atoms with Gasteiger partial charge in [0.2, 0.25) is 10.0 Å². The third kappa shape index (κ3) is 6.09. The van der Waals surface area contributed by atoms with E-state index < -0.39 is 17.2 Å². The molecular weight excluding hydrogens is 433 g/mol. The second-order valence-corrected chi connectivity index (χ2v) is 13.8. The fourth-order valence-electron chi connectivity index (χ4n) is 3.65. The number of aromatic nitrogens is 1. The van der Waals surface area contributed by atoms with E-state index in [1.165, 1.54) is 6.20 Å². The largest absolute Gasteiger partial charge is 0.494 e. The van der Waals surface area contributed by atoms with E-state index in [4.69, 9.17) is 4.74 Å². The number of nitrogens with one attached hydrogen (secondary N) is 1. The second-order valence-electron chi connectivity index (χ2n) is 8.24. The Morgan fingerprint density at radius 3 is 2.65 bits per heavy atom. The fourth-order valence-corrected chi connectivity index (χ4v) is 7.31. The molecule has 0 bridgehead atoms. The summed E-state index contributed by atoms with van der Waals surface area (Å²) in [5.41, 5.74) is 1.90. The smallest absolute Gasteiger partial charge is 0.244 e. The van der Waals surface area contributed by atoms with E-state index in [2.05, 4.69) is 9.71 Å². The van der Waals surface area contributed by atoms with E-state index in [0.29, 0.717) is 44.1 Å². The van der Waals surface area contributed by atoms with Crippen molar-refractivity contribution in [3.63, 3.8) is 0 Å². The van der Waals surface area contributed by atoms with Gasteiger partial charge in [-0.25, -0.2) is 13.1 Å². The Labute approximate surface area is 185 Å². The molecule has 2 aromatic rings. The van der Waals surface area contributed by atoms with Gasteiger partial charge in [0.1, 0.15) is 10.6 Å². The van der Waals surface area contributed by atoms with Crippen LogP contribution in [-0.4, -0.2) is 57.6 Å². The van der Waals surface area contributed by atoms with Crippen molar-refractivity contribution in [3.05, 3.63) is 48.3 Å². The van der Waals surface area contributed by atoms with Gasteiger partial charge in [-0.05, 0) is 37.1 Å². The van der Waals surface area contributed by atoms with E-state index in [9.17, 15) is 13.0 Å². The van der Waals surface area contributed by atoms with Crippen molar-refractivity contribution in [1.29, 1.82) is 0 Å². The van der Waals surface area contributed by atoms with Gasteiger partial charge in [0.25, 0.3) is 0 Å². The number of nitrogens with zero attached hydrogens (tertiary/aromatic N) is 2. The van der Waals surface area contributed by atoms with Crippen molar-refractivity contribution in [2.45, 2.75) is 37.7 Å². The van der Waals surface area contributed by atoms with Gasteiger partial charge in [-0.15, -0.1) is 0 Å². The number of ether oxygens (including phenoxy) is 1. The molecule has 0 saturated carbocycles. The number of hydrogen-bond donors (Lipinski definition) is 1. The van der Waals surface area contributed by atoms with Crippen LogP contribution in [0.4, 0.5) is 5.69 Å². The predicted octanol–water partition coefficient (Wildman–Crippen LogP) is 3.73. The van der Waals surface area contributed by atoms with Crippen LogP contribution < -0.4 is 14.4 Å². The maximum atomic E-state index is 12.9. The second kappa shape index (κ2) is 10.2. The maximum Gasteiger partial charge on any atom is 0.244 e. The van der Waals surface area contributed by atoms with E-state index in [1.54, 1.807) is 12.3 Å². The fraction of sp³-hybridized carbons (Fsp3) is 0.500. The molecule has 1 aromatic carbocycles. The summed E-state index contributed by atoms with van der Waals surface area (Å²) in [7, 11) is -5.91. The molecule has 0 radical (unpaired) electrons. The number of hydrogen-bond acceptors (Lipinski definition) is 6. The van der Waals surface area contributed by atoms with Gasteiger partial charge in [-0.3, -0.25) is 4.98 Å². The summed E-state index contributed by atoms with van der Waals surface area (Å²) in [5, 5.41) is 0. The van der Waals surface area contributed by atoms with Crippen molar-refractivity contribution >= 4 is 22.9 Å². The number of benzene rings is 1. The van der Waals surface area contributed by atoms with Gasteiger partial charge in [0.15, 0.2) is 0 Å². The zero-order chi connectivity index (χ0) is 22.5. The average molecular weight is 466 g/mol. The van der Waals surface area contributed by atoms with Gasteiger partial charge < -0.3 is 14.2 Å². The lowest BCUT2D eigenvalue weighted by Crippen LogP contribution is -2.38. The van der Waals surface area contributed by atoms with Gasteiger partial charge >= 0.3 is 0 Å². The summed E-state index contributed by atoms with van der Waals surface area (Å²) in [4.78, 5) is 6.20. The van der Waals surface area contributed by atoms with Crippen molar-refractivity contribution < 1.29 is 17.7 Å². The SMILES string of the molecule is Cc1cccc(OCCCNS(=O)(=O)c2cnccc2N2CCP(=O)(C(C)C)CC2)c1. The zero-order valence-electron chi connectivity index (χ0n) is 18.5. The molecule has 31 heavy (non-hydrogen) atoms. The highest BCUT2D eigenvalue weighted by molar-refractivity contribution is 7.89. The Hall–Kier alpha value is -1.89. The van der Waals surface area contributed by atoms with Crippen LogP contribution in [0.3, 0.4) is 0 Å². The molecule has 0 atom stereocenters. The summed E-state index contributed by atoms with van der Waals surface area (Å²) >= 11 is 0. The molecule has 0 spiro atoms. The molecule has 0 unspecified atom stereocenters. The summed E-state index contributed by atoms with van der Waals surface area (Å²) in [5.74, 6) is 0.779. The molecule has 3 rings (SSSR count). The number of rotatable bonds is 9. The number of anilines is 1. The molecule has 1 aliphatic heterocycles. The number of pyridine rings is 1. The van der Waals surface area contributed by atoms with E-state index in [1.807, 2.05) is 49.9 Å². The lowest BCUT2D eigenvalue weighted by Gasteiger charge is -2.36. The Kier molecular flexibility index (Phi) is 7.78. The summed E-state index contributed by atoms with van der Waals surface area (Å²) in [6.45, 7) is 7.87. The van der Waals surface area contributed by atoms with E-state index >= 15 is 0 Å². The molecule has 1 saturated heterocycles. The van der Waals surface area contributed by atoms with Crippen LogP contribution >= 0.6 is 7.14 Å². The van der Waals surface area contributed by atoms with Crippen LogP contribution in [0.25, 0.3) is 0 Å². The zero-order valence-corrected chi connectivity index (χ0v) is 20.2. The highest BCUT2D eigenvalue weighted by Crippen LogP contribution is 2.52. The van der Waals surface area contributed by atoms with Crippen LogP contribution in [0.1, 0.15) is 25.8 Å². The molecule has 1 aromatic heterocycles. The first-order valence-corrected chi connectivity index (χ1v) is 14.3. The minimum absolute atomic E-state index is 0.163. The van der Waals surface area contributed by atoms with Crippen LogP contribution in [0.15, 0.2) is 47.6 Å². The Balaban J connectivity index is 1.58. The van der Waals surface area contributed by atoms with Crippen LogP contribution in [0.5, 0.6) is 5.75 Å². The molecule has 1 aliphatic rings. The molecule has 0 aliphatic carbocycles. The molecule has 170 valence electrons. The maximum absolute atomic E-state index is 12.9. The van der Waals surface area contributed by atoms with Gasteiger partial charge in [-0.1, -0.05) is 26.0 Å². The number of aryl methyl sites for hydroxylation is 1. The first-order valence-electron chi connectivity index (χ1n) is 10.7. The minimum atomic E-state index is -3.72. The summed E-state index contributed by atoms with van der Waals surface area (Å²) < 4.78 is 47.1. The van der Waals surface area contributed by atoms with Crippen molar-refractivity contribution in [1.82, 2.24) is 9.71 Å². The van der Waals surface area contributed by atoms with Crippen molar-refractivity contribution in [3.8, 4) is 5.75 Å². The molecule has 1 fully saturated rings. The molecule has 7 nitrogen and oxygen atoms in total. The Morgan fingerprint density at radius 2 is 1.97 bits per heavy atom. The Morgan fingerprint density at radius 1 is 1.23 bits per heavy atom. The van der Waals surface area contributed by atoms with Gasteiger partial charge in [0.05, 0.1) is 19.4 Å². The molecule has 1 N–H and O–H groups in total. The topological polar surface area (TPSA) is 88.6 Å². The minimum Gasteiger partial charge on any atom is -0.494 e. The monoisotopic (exact) mass is 465 g/mol. The van der Waals surface area contributed by atoms with E-state index in [-0.39, 0.29) is 17.1 Å². The van der Waals surface area contributed by atoms with Gasteiger partial charge in [-0.2, -0.15) is 0 Å². The first-order chi connectivity index (χ1) is 14.7. The lowest BCUT2D eigenvalue weighted by molar-refractivity contribution is 0.311. The highest BCUT2D eigenvalue weighted by Gasteiger charge is 2.33. The standard InChI is InChI=1S/C22H32N3O4PS/c1-18(2)30(26)14-11-25(12-15-30)21-8-10-23-17-22(21)31(27,28)24-9-5-13-29-20-7-4-6-19(3)16-20/h4,6-8,10,16-18,24H,5,9,11-15H2,1-3H3. The summed E-state index contributed by atoms with van der Waals surface area (Å²) in [6, 6.07) is 9.48. The van der Waals surface area contributed by atoms with Crippen molar-refractivity contribution in [2.75, 3.05) is 43.5 Å². The van der Waals surface area contributed by atoms with E-state index in [0.717, 1.165) is 11.3 Å². The number of sulfonamides is 1. The van der Waals surface area contributed by atoms with Gasteiger partial charge in [0, 0.05) is 50.0 Å². The van der Waals surface area contributed by atoms with Crippen LogP contribution in [-0.2, 0) is 14.6 Å². The highest BCUT2D eigenvalue weighted by atomic mass is 32.2. The van der Waals surface area contributed by atoms with Crippen LogP contribution in [0, 0.1) is 6.92 Å². The molecule has 9 heteroatoms. The predicted molar refractivity (Wildman–Crippen MR) is 125 cm³/mol. The third-order valence-electron chi connectivity index (χ3n) is 5.70. The molecule has 0 amide bonds. The molecule has 2 heterocycles. The molecular formula is C22H32N3O4PS. The quantitative estimate of drug-likeness (QED) is 0.449. The summed E-state index contributed by atoms with van der Waals surface area (Å²) in [6.07, 6.45) is 4.74. The first kappa shape index (κ1) is 23.8. The van der Waals surface area contributed by atoms with Crippen LogP contribution in [0.2, 0.25) is 0 Å². The average Bonchev–Trinajstić information content (AvgIpc) is 2.74.